The van der Waals surface area contributed by atoms with E-state index in [4.69, 9.17) is 0 Å². The molecule has 0 aliphatic heterocycles. The molecule has 1 aliphatic carbocycles. The van der Waals surface area contributed by atoms with Crippen LogP contribution in [0.5, 0.6) is 0 Å². The minimum absolute atomic E-state index is 0.00554. The summed E-state index contributed by atoms with van der Waals surface area (Å²) in [6.07, 6.45) is 4.48. The molecule has 1 N–H and O–H groups in total. The van der Waals surface area contributed by atoms with Gasteiger partial charge in [-0.2, -0.15) is 0 Å². The molecular weight excluding hydrogens is 364 g/mol. The van der Waals surface area contributed by atoms with Crippen LogP contribution < -0.4 is 5.32 Å². The van der Waals surface area contributed by atoms with Crippen LogP contribution in [0.4, 0.5) is 0 Å². The van der Waals surface area contributed by atoms with Crippen LogP contribution in [-0.4, -0.2) is 17.0 Å². The molecule has 1 heterocycles. The molecule has 4 heteroatoms. The maximum absolute atomic E-state index is 12.4. The van der Waals surface area contributed by atoms with E-state index in [9.17, 15) is 4.79 Å². The summed E-state index contributed by atoms with van der Waals surface area (Å²) in [6, 6.07) is 16.0. The minimum atomic E-state index is -0.00554. The van der Waals surface area contributed by atoms with Crippen molar-refractivity contribution < 1.29 is 4.79 Å². The van der Waals surface area contributed by atoms with Crippen LogP contribution in [0.1, 0.15) is 28.8 Å². The number of rotatable bonds is 4. The Kier molecular flexibility index (Phi) is 3.72. The number of hydrogen-bond donors (Lipinski definition) is 1. The topological polar surface area (TPSA) is 34.0 Å². The van der Waals surface area contributed by atoms with Crippen LogP contribution in [0.25, 0.3) is 10.9 Å². The van der Waals surface area contributed by atoms with Crippen molar-refractivity contribution in [3.8, 4) is 0 Å². The average molecular weight is 383 g/mol. The van der Waals surface area contributed by atoms with Crippen molar-refractivity contribution in [2.45, 2.75) is 18.3 Å². The zero-order chi connectivity index (χ0) is 16.7. The lowest BCUT2D eigenvalue weighted by atomic mass is 9.95. The molecule has 0 bridgehead atoms. The fourth-order valence-corrected chi connectivity index (χ4v) is 3.67. The minimum Gasteiger partial charge on any atom is -0.351 e. The van der Waals surface area contributed by atoms with E-state index >= 15 is 0 Å². The van der Waals surface area contributed by atoms with E-state index < -0.39 is 0 Å². The Balaban J connectivity index is 1.55. The summed E-state index contributed by atoms with van der Waals surface area (Å²) in [4.78, 5) is 12.4. The van der Waals surface area contributed by atoms with E-state index in [1.165, 1.54) is 16.5 Å². The van der Waals surface area contributed by atoms with E-state index in [1.54, 1.807) is 0 Å². The molecule has 3 nitrogen and oxygen atoms in total. The van der Waals surface area contributed by atoms with Gasteiger partial charge in [-0.25, -0.2) is 0 Å². The van der Waals surface area contributed by atoms with Gasteiger partial charge >= 0.3 is 0 Å². The number of nitrogens with zero attached hydrogens (tertiary/aromatic N) is 1. The number of carbonyl (C=O) groups excluding carboxylic acids is 1. The molecule has 1 aliphatic rings. The van der Waals surface area contributed by atoms with Crippen molar-refractivity contribution in [1.29, 1.82) is 0 Å². The number of aryl methyl sites for hydroxylation is 1. The van der Waals surface area contributed by atoms with E-state index in [0.717, 1.165) is 17.3 Å². The molecule has 1 fully saturated rings. The molecule has 1 saturated carbocycles. The number of fused-ring (bicyclic) bond motifs is 1. The molecule has 24 heavy (non-hydrogen) atoms. The second kappa shape index (κ2) is 5.78. The molecule has 0 radical (unpaired) electrons. The van der Waals surface area contributed by atoms with Crippen molar-refractivity contribution in [2.75, 3.05) is 6.54 Å². The monoisotopic (exact) mass is 382 g/mol. The van der Waals surface area contributed by atoms with Crippen molar-refractivity contribution in [1.82, 2.24) is 9.88 Å². The Bertz CT molecular complexity index is 907. The van der Waals surface area contributed by atoms with E-state index in [2.05, 4.69) is 63.3 Å². The zero-order valence-electron chi connectivity index (χ0n) is 13.6. The highest BCUT2D eigenvalue weighted by molar-refractivity contribution is 9.10. The van der Waals surface area contributed by atoms with Crippen LogP contribution in [0, 0.1) is 0 Å². The second-order valence-corrected chi connectivity index (χ2v) is 7.56. The van der Waals surface area contributed by atoms with Gasteiger partial charge in [0.25, 0.3) is 5.91 Å². The Labute approximate surface area is 149 Å². The summed E-state index contributed by atoms with van der Waals surface area (Å²) in [5.74, 6) is -0.00554. The fourth-order valence-electron chi connectivity index (χ4n) is 3.41. The first-order valence-electron chi connectivity index (χ1n) is 8.17. The largest absolute Gasteiger partial charge is 0.351 e. The highest BCUT2D eigenvalue weighted by Crippen LogP contribution is 2.50. The maximum Gasteiger partial charge on any atom is 0.251 e. The lowest BCUT2D eigenvalue weighted by Crippen LogP contribution is -2.32. The molecule has 4 rings (SSSR count). The molecule has 1 aromatic heterocycles. The Morgan fingerprint density at radius 1 is 1.17 bits per heavy atom. The van der Waals surface area contributed by atoms with Crippen molar-refractivity contribution in [3.63, 3.8) is 0 Å². The van der Waals surface area contributed by atoms with E-state index in [0.29, 0.717) is 12.1 Å². The average Bonchev–Trinajstić information content (AvgIpc) is 3.32. The van der Waals surface area contributed by atoms with Crippen LogP contribution in [-0.2, 0) is 12.5 Å². The van der Waals surface area contributed by atoms with E-state index in [-0.39, 0.29) is 11.3 Å². The summed E-state index contributed by atoms with van der Waals surface area (Å²) in [5.41, 5.74) is 3.40. The number of nitrogens with one attached hydrogen (secondary N) is 1. The first-order chi connectivity index (χ1) is 11.6. The Morgan fingerprint density at radius 3 is 2.58 bits per heavy atom. The molecule has 122 valence electrons. The summed E-state index contributed by atoms with van der Waals surface area (Å²) in [7, 11) is 2.09. The van der Waals surface area contributed by atoms with Gasteiger partial charge in [0.2, 0.25) is 0 Å². The lowest BCUT2D eigenvalue weighted by molar-refractivity contribution is 0.0949. The number of para-hydroxylation sites is 1. The maximum atomic E-state index is 12.4. The Morgan fingerprint density at radius 2 is 1.88 bits per heavy atom. The SMILES string of the molecule is Cn1cc(C2(CNC(=O)c3ccc(Br)cc3)CC2)c2ccccc21. The lowest BCUT2D eigenvalue weighted by Gasteiger charge is -2.16. The van der Waals surface area contributed by atoms with Crippen molar-refractivity contribution >= 4 is 32.7 Å². The summed E-state index contributed by atoms with van der Waals surface area (Å²) in [5, 5.41) is 4.43. The summed E-state index contributed by atoms with van der Waals surface area (Å²) >= 11 is 3.40. The van der Waals surface area contributed by atoms with Gasteiger partial charge < -0.3 is 9.88 Å². The predicted molar refractivity (Wildman–Crippen MR) is 100 cm³/mol. The van der Waals surface area contributed by atoms with Crippen LogP contribution >= 0.6 is 15.9 Å². The fraction of sp³-hybridized carbons (Fsp3) is 0.250. The molecule has 0 atom stereocenters. The number of benzene rings is 2. The van der Waals surface area contributed by atoms with Crippen LogP contribution in [0.2, 0.25) is 0 Å². The molecule has 0 spiro atoms. The van der Waals surface area contributed by atoms with Gasteiger partial charge in [-0.3, -0.25) is 4.79 Å². The third-order valence-corrected chi connectivity index (χ3v) is 5.54. The standard InChI is InChI=1S/C20H19BrN2O/c1-23-12-17(16-4-2-3-5-18(16)23)20(10-11-20)13-22-19(24)14-6-8-15(21)9-7-14/h2-9,12H,10-11,13H2,1H3,(H,22,24). The van der Waals surface area contributed by atoms with Crippen molar-refractivity contribution in [3.05, 3.63) is 70.3 Å². The van der Waals surface area contributed by atoms with Gasteiger partial charge in [0, 0.05) is 46.1 Å². The second-order valence-electron chi connectivity index (χ2n) is 6.64. The van der Waals surface area contributed by atoms with Gasteiger partial charge in [-0.1, -0.05) is 34.1 Å². The number of carbonyl (C=O) groups is 1. The van der Waals surface area contributed by atoms with Gasteiger partial charge in [-0.05, 0) is 48.7 Å². The van der Waals surface area contributed by atoms with Gasteiger partial charge in [0.15, 0.2) is 0 Å². The molecule has 0 unspecified atom stereocenters. The predicted octanol–water partition coefficient (Wildman–Crippen LogP) is 4.40. The normalized spacial score (nSPS) is 15.4. The first-order valence-corrected chi connectivity index (χ1v) is 8.97. The van der Waals surface area contributed by atoms with Crippen LogP contribution in [0.15, 0.2) is 59.2 Å². The quantitative estimate of drug-likeness (QED) is 0.712. The number of aromatic nitrogens is 1. The van der Waals surface area contributed by atoms with Gasteiger partial charge in [0.1, 0.15) is 0 Å². The molecule has 0 saturated heterocycles. The first kappa shape index (κ1) is 15.5. The summed E-state index contributed by atoms with van der Waals surface area (Å²) in [6.45, 7) is 0.690. The molecule has 3 aromatic rings. The third-order valence-electron chi connectivity index (χ3n) is 5.02. The highest BCUT2D eigenvalue weighted by atomic mass is 79.9. The number of amides is 1. The van der Waals surface area contributed by atoms with Gasteiger partial charge in [-0.15, -0.1) is 0 Å². The molecular formula is C20H19BrN2O. The number of halogens is 1. The Hall–Kier alpha value is -2.07. The molecule has 1 amide bonds. The van der Waals surface area contributed by atoms with E-state index in [1.807, 2.05) is 24.3 Å². The zero-order valence-corrected chi connectivity index (χ0v) is 15.1. The molecule has 2 aromatic carbocycles. The third kappa shape index (κ3) is 2.65. The highest BCUT2D eigenvalue weighted by Gasteiger charge is 2.46. The number of hydrogen-bond acceptors (Lipinski definition) is 1. The van der Waals surface area contributed by atoms with Crippen molar-refractivity contribution in [2.24, 2.45) is 7.05 Å². The smallest absolute Gasteiger partial charge is 0.251 e. The van der Waals surface area contributed by atoms with Gasteiger partial charge in [0.05, 0.1) is 0 Å². The summed E-state index contributed by atoms with van der Waals surface area (Å²) < 4.78 is 3.16. The van der Waals surface area contributed by atoms with Crippen LogP contribution in [0.3, 0.4) is 0 Å².